The number of sulfonamides is 1. The minimum atomic E-state index is -5.08. The highest BCUT2D eigenvalue weighted by Crippen LogP contribution is 2.23. The number of carboxylic acids is 1. The van der Waals surface area contributed by atoms with Crippen molar-refractivity contribution in [3.63, 3.8) is 0 Å². The van der Waals surface area contributed by atoms with E-state index in [-0.39, 0.29) is 23.9 Å². The fourth-order valence-electron chi connectivity index (χ4n) is 3.63. The Balaban J connectivity index is 0.000000638. The van der Waals surface area contributed by atoms with Gasteiger partial charge in [-0.1, -0.05) is 55.8 Å². The van der Waals surface area contributed by atoms with Gasteiger partial charge in [-0.25, -0.2) is 13.2 Å². The third-order valence-corrected chi connectivity index (χ3v) is 7.71. The molecule has 3 rings (SSSR count). The number of alkyl halides is 3. The Morgan fingerprint density at radius 2 is 1.63 bits per heavy atom. The van der Waals surface area contributed by atoms with Crippen molar-refractivity contribution >= 4 is 33.5 Å². The molecular weight excluding hydrogens is 547 g/mol. The van der Waals surface area contributed by atoms with E-state index >= 15 is 0 Å². The second-order valence-electron chi connectivity index (χ2n) is 9.04. The second-order valence-corrected chi connectivity index (χ2v) is 11.4. The van der Waals surface area contributed by atoms with E-state index in [0.29, 0.717) is 42.7 Å². The number of rotatable bonds is 8. The van der Waals surface area contributed by atoms with Gasteiger partial charge in [-0.15, -0.1) is 0 Å². The van der Waals surface area contributed by atoms with Gasteiger partial charge in [-0.05, 0) is 41.7 Å². The number of halogens is 4. The number of piperazine rings is 1. The summed E-state index contributed by atoms with van der Waals surface area (Å²) in [6, 6.07) is 14.1. The summed E-state index contributed by atoms with van der Waals surface area (Å²) in [5.41, 5.74) is 1.75. The van der Waals surface area contributed by atoms with Crippen LogP contribution in [0.4, 0.5) is 13.2 Å². The van der Waals surface area contributed by atoms with Crippen LogP contribution in [-0.4, -0.2) is 73.5 Å². The normalized spacial score (nSPS) is 14.3. The number of carboxylic acid groups (broad SMARTS) is 1. The molecule has 13 heteroatoms. The zero-order valence-electron chi connectivity index (χ0n) is 21.0. The van der Waals surface area contributed by atoms with E-state index in [1.807, 2.05) is 18.2 Å². The lowest BCUT2D eigenvalue weighted by Gasteiger charge is -2.30. The Hall–Kier alpha value is -2.67. The molecule has 8 nitrogen and oxygen atoms in total. The molecule has 38 heavy (non-hydrogen) atoms. The molecule has 1 aliphatic heterocycles. The number of carbonyl (C=O) groups is 2. The maximum atomic E-state index is 13.5. The first-order chi connectivity index (χ1) is 17.7. The highest BCUT2D eigenvalue weighted by molar-refractivity contribution is 7.89. The Morgan fingerprint density at radius 3 is 2.13 bits per heavy atom. The van der Waals surface area contributed by atoms with Crippen molar-refractivity contribution in [1.29, 1.82) is 0 Å². The zero-order valence-corrected chi connectivity index (χ0v) is 22.6. The van der Waals surface area contributed by atoms with Crippen LogP contribution in [-0.2, 0) is 32.6 Å². The van der Waals surface area contributed by atoms with Crippen molar-refractivity contribution in [2.45, 2.75) is 37.9 Å². The van der Waals surface area contributed by atoms with Gasteiger partial charge in [-0.2, -0.15) is 17.5 Å². The van der Waals surface area contributed by atoms with Crippen LogP contribution in [0, 0.1) is 5.92 Å². The quantitative estimate of drug-likeness (QED) is 0.494. The molecule has 1 amide bonds. The van der Waals surface area contributed by atoms with E-state index in [0.717, 1.165) is 12.0 Å². The summed E-state index contributed by atoms with van der Waals surface area (Å²) in [7, 11) is -3.88. The van der Waals surface area contributed by atoms with Gasteiger partial charge in [0, 0.05) is 37.7 Å². The van der Waals surface area contributed by atoms with Gasteiger partial charge >= 0.3 is 12.1 Å². The van der Waals surface area contributed by atoms with Crippen LogP contribution in [0.25, 0.3) is 0 Å². The zero-order chi connectivity index (χ0) is 28.5. The van der Waals surface area contributed by atoms with E-state index < -0.39 is 22.2 Å². The van der Waals surface area contributed by atoms with Crippen LogP contribution in [0.3, 0.4) is 0 Å². The van der Waals surface area contributed by atoms with Crippen LogP contribution in [0.2, 0.25) is 5.02 Å². The second kappa shape index (κ2) is 13.9. The summed E-state index contributed by atoms with van der Waals surface area (Å²) < 4.78 is 60.0. The molecule has 2 aromatic rings. The molecule has 0 radical (unpaired) electrons. The van der Waals surface area contributed by atoms with Crippen molar-refractivity contribution in [1.82, 2.24) is 14.5 Å². The molecule has 0 atom stereocenters. The smallest absolute Gasteiger partial charge is 0.475 e. The molecule has 1 aliphatic rings. The third-order valence-electron chi connectivity index (χ3n) is 5.53. The fraction of sp³-hybridized carbons (Fsp3) is 0.440. The summed E-state index contributed by atoms with van der Waals surface area (Å²) in [4.78, 5) is 23.7. The highest BCUT2D eigenvalue weighted by atomic mass is 35.5. The molecule has 2 N–H and O–H groups in total. The lowest BCUT2D eigenvalue weighted by Crippen LogP contribution is -2.50. The Bertz CT molecular complexity index is 1190. The largest absolute Gasteiger partial charge is 0.490 e. The molecule has 0 aromatic heterocycles. The number of carbonyl (C=O) groups excluding carboxylic acids is 1. The average molecular weight is 578 g/mol. The maximum Gasteiger partial charge on any atom is 0.490 e. The van der Waals surface area contributed by atoms with E-state index in [4.69, 9.17) is 21.5 Å². The molecule has 0 bridgehead atoms. The van der Waals surface area contributed by atoms with E-state index in [1.54, 1.807) is 35.2 Å². The molecule has 1 saturated heterocycles. The minimum Gasteiger partial charge on any atom is -0.475 e. The molecule has 1 fully saturated rings. The predicted molar refractivity (Wildman–Crippen MR) is 137 cm³/mol. The van der Waals surface area contributed by atoms with E-state index in [9.17, 15) is 26.4 Å². The van der Waals surface area contributed by atoms with Gasteiger partial charge in [0.1, 0.15) is 0 Å². The molecule has 0 aliphatic carbocycles. The number of nitrogens with zero attached hydrogens (tertiary/aromatic N) is 2. The van der Waals surface area contributed by atoms with Crippen molar-refractivity contribution < 1.29 is 36.3 Å². The first kappa shape index (κ1) is 31.5. The van der Waals surface area contributed by atoms with E-state index in [1.165, 1.54) is 4.31 Å². The van der Waals surface area contributed by atoms with Crippen LogP contribution in [0.15, 0.2) is 53.4 Å². The van der Waals surface area contributed by atoms with Crippen molar-refractivity contribution in [2.24, 2.45) is 5.92 Å². The van der Waals surface area contributed by atoms with Gasteiger partial charge < -0.3 is 15.3 Å². The third kappa shape index (κ3) is 9.57. The minimum absolute atomic E-state index is 0.0353. The van der Waals surface area contributed by atoms with Crippen molar-refractivity contribution in [3.05, 3.63) is 64.7 Å². The Labute approximate surface area is 225 Å². The molecule has 0 spiro atoms. The Kier molecular flexibility index (Phi) is 11.6. The van der Waals surface area contributed by atoms with E-state index in [2.05, 4.69) is 19.2 Å². The molecule has 210 valence electrons. The fourth-order valence-corrected chi connectivity index (χ4v) is 5.19. The van der Waals surface area contributed by atoms with Gasteiger partial charge in [0.25, 0.3) is 0 Å². The average Bonchev–Trinajstić information content (AvgIpc) is 2.85. The topological polar surface area (TPSA) is 107 Å². The molecular formula is C25H31ClF3N3O5S. The monoisotopic (exact) mass is 577 g/mol. The summed E-state index contributed by atoms with van der Waals surface area (Å²) in [5.74, 6) is -2.48. The van der Waals surface area contributed by atoms with Crippen LogP contribution in [0.5, 0.6) is 0 Å². The molecule has 0 saturated carbocycles. The Morgan fingerprint density at radius 1 is 1.08 bits per heavy atom. The standard InChI is InChI=1S/C23H30ClN3O3S.C2HF3O2/c1-18(2)15-19-7-9-21(10-8-19)31(29,30)27(16-20-5-3-4-6-22(20)24)17-23(28)26-13-11-25-12-14-26;3-2(4,5)1(6)7/h3-10,18,25H,11-17H2,1-2H3;(H,6,7). The molecule has 1 heterocycles. The lowest BCUT2D eigenvalue weighted by molar-refractivity contribution is -0.192. The SMILES string of the molecule is CC(C)Cc1ccc(S(=O)(=O)N(CC(=O)N2CCNCC2)Cc2ccccc2Cl)cc1.O=C(O)C(F)(F)F. The highest BCUT2D eigenvalue weighted by Gasteiger charge is 2.38. The van der Waals surface area contributed by atoms with Gasteiger partial charge in [0.15, 0.2) is 0 Å². The number of benzene rings is 2. The van der Waals surface area contributed by atoms with Gasteiger partial charge in [-0.3, -0.25) is 4.79 Å². The number of amides is 1. The summed E-state index contributed by atoms with van der Waals surface area (Å²) in [6.45, 7) is 6.62. The first-order valence-corrected chi connectivity index (χ1v) is 13.6. The summed E-state index contributed by atoms with van der Waals surface area (Å²) >= 11 is 6.29. The molecule has 0 unspecified atom stereocenters. The lowest BCUT2D eigenvalue weighted by atomic mass is 10.0. The van der Waals surface area contributed by atoms with Crippen LogP contribution >= 0.6 is 11.6 Å². The van der Waals surface area contributed by atoms with Gasteiger partial charge in [0.05, 0.1) is 11.4 Å². The van der Waals surface area contributed by atoms with Crippen molar-refractivity contribution in [2.75, 3.05) is 32.7 Å². The summed E-state index contributed by atoms with van der Waals surface area (Å²) in [6.07, 6.45) is -4.20. The number of hydrogen-bond acceptors (Lipinski definition) is 5. The van der Waals surface area contributed by atoms with Crippen LogP contribution < -0.4 is 5.32 Å². The maximum absolute atomic E-state index is 13.5. The number of nitrogens with one attached hydrogen (secondary N) is 1. The first-order valence-electron chi connectivity index (χ1n) is 11.8. The number of aliphatic carboxylic acids is 1. The predicted octanol–water partition coefficient (Wildman–Crippen LogP) is 3.79. The summed E-state index contributed by atoms with van der Waals surface area (Å²) in [5, 5.41) is 10.8. The van der Waals surface area contributed by atoms with Crippen LogP contribution in [0.1, 0.15) is 25.0 Å². The van der Waals surface area contributed by atoms with Gasteiger partial charge in [0.2, 0.25) is 15.9 Å². The van der Waals surface area contributed by atoms with Crippen molar-refractivity contribution in [3.8, 4) is 0 Å². The number of hydrogen-bond donors (Lipinski definition) is 2. The molecule has 2 aromatic carbocycles.